The summed E-state index contributed by atoms with van der Waals surface area (Å²) in [6, 6.07) is 0. The molecule has 0 bridgehead atoms. The van der Waals surface area contributed by atoms with Gasteiger partial charge in [-0.05, 0) is 0 Å². The first-order chi connectivity index (χ1) is 15.4. The van der Waals surface area contributed by atoms with Gasteiger partial charge in [0.1, 0.15) is 0 Å². The van der Waals surface area contributed by atoms with Crippen molar-refractivity contribution < 1.29 is 48.1 Å². The molecule has 31 heavy (non-hydrogen) atoms. The van der Waals surface area contributed by atoms with E-state index in [9.17, 15) is 0 Å². The lowest BCUT2D eigenvalue weighted by Gasteiger charge is -2.08. The third kappa shape index (κ3) is 29.6. The molecule has 0 aliphatic heterocycles. The van der Waals surface area contributed by atoms with Crippen molar-refractivity contribution in [3.8, 4) is 0 Å². The molecule has 11 heteroatoms. The van der Waals surface area contributed by atoms with E-state index in [0.29, 0.717) is 106 Å². The van der Waals surface area contributed by atoms with Crippen molar-refractivity contribution >= 4 is 0 Å². The van der Waals surface area contributed by atoms with Crippen molar-refractivity contribution in [3.63, 3.8) is 0 Å². The maximum atomic E-state index is 8.55. The molecule has 0 saturated carbocycles. The number of nitrogens with one attached hydrogen (secondary N) is 1. The van der Waals surface area contributed by atoms with Gasteiger partial charge in [0.15, 0.2) is 0 Å². The first kappa shape index (κ1) is 30.6. The topological polar surface area (TPSA) is 126 Å². The average Bonchev–Trinajstić information content (AvgIpc) is 2.78. The summed E-state index contributed by atoms with van der Waals surface area (Å²) in [5, 5.41) is 20.3. The normalized spacial score (nSPS) is 11.4. The van der Waals surface area contributed by atoms with Crippen LogP contribution in [0.1, 0.15) is 0 Å². The number of aliphatic hydroxyl groups is 2. The van der Waals surface area contributed by atoms with Crippen LogP contribution in [-0.4, -0.2) is 142 Å². The SMILES string of the molecule is OCCOCCNCCOCCOCCOCCOCCOCCOCCOCCO. The molecular weight excluding hydrogens is 414 g/mol. The third-order valence-corrected chi connectivity index (χ3v) is 3.55. The lowest BCUT2D eigenvalue weighted by molar-refractivity contribution is -0.0214. The molecule has 0 amide bonds. The first-order valence-electron chi connectivity index (χ1n) is 11.0. The minimum Gasteiger partial charge on any atom is -0.394 e. The standard InChI is InChI=1S/C20H43NO10/c22-3-7-24-5-1-21-2-6-25-9-11-27-13-15-29-17-19-31-20-18-30-16-14-28-12-10-26-8-4-23/h21-23H,1-20H2. The Morgan fingerprint density at radius 3 is 0.839 bits per heavy atom. The molecule has 0 rings (SSSR count). The van der Waals surface area contributed by atoms with Gasteiger partial charge >= 0.3 is 0 Å². The minimum atomic E-state index is 0.0296. The molecule has 0 aromatic carbocycles. The third-order valence-electron chi connectivity index (χ3n) is 3.55. The summed E-state index contributed by atoms with van der Waals surface area (Å²) in [5.74, 6) is 0. The molecule has 0 saturated heterocycles. The molecule has 0 spiro atoms. The van der Waals surface area contributed by atoms with Gasteiger partial charge in [0.05, 0.1) is 119 Å². The van der Waals surface area contributed by atoms with Gasteiger partial charge in [-0.25, -0.2) is 0 Å². The molecule has 0 atom stereocenters. The molecule has 0 fully saturated rings. The van der Waals surface area contributed by atoms with Crippen LogP contribution in [0, 0.1) is 0 Å². The summed E-state index contributed by atoms with van der Waals surface area (Å²) in [6.07, 6.45) is 0. The highest BCUT2D eigenvalue weighted by Gasteiger charge is 1.95. The summed E-state index contributed by atoms with van der Waals surface area (Å²) in [6.45, 7) is 9.70. The summed E-state index contributed by atoms with van der Waals surface area (Å²) >= 11 is 0. The van der Waals surface area contributed by atoms with Gasteiger partial charge in [0, 0.05) is 13.1 Å². The fourth-order valence-corrected chi connectivity index (χ4v) is 2.07. The van der Waals surface area contributed by atoms with Gasteiger partial charge in [-0.15, -0.1) is 0 Å². The monoisotopic (exact) mass is 457 g/mol. The van der Waals surface area contributed by atoms with E-state index < -0.39 is 0 Å². The van der Waals surface area contributed by atoms with E-state index in [4.69, 9.17) is 48.1 Å². The van der Waals surface area contributed by atoms with E-state index in [2.05, 4.69) is 5.32 Å². The number of hydrogen-bond acceptors (Lipinski definition) is 11. The van der Waals surface area contributed by atoms with Crippen molar-refractivity contribution in [2.24, 2.45) is 0 Å². The highest BCUT2D eigenvalue weighted by atomic mass is 16.6. The summed E-state index contributed by atoms with van der Waals surface area (Å²) in [4.78, 5) is 0. The van der Waals surface area contributed by atoms with E-state index in [1.807, 2.05) is 0 Å². The van der Waals surface area contributed by atoms with Crippen LogP contribution in [-0.2, 0) is 37.9 Å². The van der Waals surface area contributed by atoms with Gasteiger partial charge in [-0.3, -0.25) is 0 Å². The van der Waals surface area contributed by atoms with Crippen molar-refractivity contribution in [3.05, 3.63) is 0 Å². The highest BCUT2D eigenvalue weighted by molar-refractivity contribution is 4.45. The van der Waals surface area contributed by atoms with Crippen LogP contribution in [0.15, 0.2) is 0 Å². The maximum absolute atomic E-state index is 8.55. The van der Waals surface area contributed by atoms with Gasteiger partial charge in [-0.2, -0.15) is 0 Å². The zero-order valence-electron chi connectivity index (χ0n) is 18.8. The van der Waals surface area contributed by atoms with Crippen LogP contribution in [0.5, 0.6) is 0 Å². The van der Waals surface area contributed by atoms with Gasteiger partial charge in [-0.1, -0.05) is 0 Å². The zero-order chi connectivity index (χ0) is 22.5. The van der Waals surface area contributed by atoms with Crippen molar-refractivity contribution in [2.45, 2.75) is 0 Å². The number of hydrogen-bond donors (Lipinski definition) is 3. The van der Waals surface area contributed by atoms with Gasteiger partial charge in [0.25, 0.3) is 0 Å². The number of ether oxygens (including phenoxy) is 8. The van der Waals surface area contributed by atoms with Crippen LogP contribution in [0.25, 0.3) is 0 Å². The van der Waals surface area contributed by atoms with E-state index in [1.54, 1.807) is 0 Å². The van der Waals surface area contributed by atoms with E-state index in [1.165, 1.54) is 0 Å². The predicted molar refractivity (Wildman–Crippen MR) is 114 cm³/mol. The Bertz CT molecular complexity index is 288. The van der Waals surface area contributed by atoms with E-state index in [-0.39, 0.29) is 13.2 Å². The lowest BCUT2D eigenvalue weighted by Crippen LogP contribution is -2.25. The average molecular weight is 458 g/mol. The van der Waals surface area contributed by atoms with Crippen LogP contribution in [0.4, 0.5) is 0 Å². The van der Waals surface area contributed by atoms with Crippen molar-refractivity contribution in [1.29, 1.82) is 0 Å². The predicted octanol–water partition coefficient (Wildman–Crippen LogP) is -1.31. The molecule has 3 N–H and O–H groups in total. The summed E-state index contributed by atoms with van der Waals surface area (Å²) in [7, 11) is 0. The number of aliphatic hydroxyl groups excluding tert-OH is 2. The van der Waals surface area contributed by atoms with E-state index in [0.717, 1.165) is 13.1 Å². The van der Waals surface area contributed by atoms with Crippen LogP contribution < -0.4 is 5.32 Å². The Hall–Kier alpha value is -0.440. The molecule has 0 aromatic heterocycles. The molecule has 11 nitrogen and oxygen atoms in total. The maximum Gasteiger partial charge on any atom is 0.0701 e. The van der Waals surface area contributed by atoms with Crippen molar-refractivity contribution in [1.82, 2.24) is 5.32 Å². The summed E-state index contributed by atoms with van der Waals surface area (Å²) in [5.41, 5.74) is 0. The zero-order valence-corrected chi connectivity index (χ0v) is 18.8. The molecule has 188 valence electrons. The van der Waals surface area contributed by atoms with Gasteiger partial charge < -0.3 is 53.4 Å². The van der Waals surface area contributed by atoms with Gasteiger partial charge in [0.2, 0.25) is 0 Å². The first-order valence-corrected chi connectivity index (χ1v) is 11.0. The second-order valence-corrected chi connectivity index (χ2v) is 6.10. The summed E-state index contributed by atoms with van der Waals surface area (Å²) < 4.78 is 42.5. The molecular formula is C20H43NO10. The molecule has 0 aromatic rings. The smallest absolute Gasteiger partial charge is 0.0701 e. The Kier molecular flexibility index (Phi) is 29.1. The Balaban J connectivity index is 2.98. The van der Waals surface area contributed by atoms with Crippen molar-refractivity contribution in [2.75, 3.05) is 132 Å². The molecule has 0 heterocycles. The van der Waals surface area contributed by atoms with Crippen LogP contribution >= 0.6 is 0 Å². The Morgan fingerprint density at radius 1 is 0.323 bits per heavy atom. The fraction of sp³-hybridized carbons (Fsp3) is 1.00. The Labute approximate surface area is 186 Å². The largest absolute Gasteiger partial charge is 0.394 e. The molecule has 0 radical (unpaired) electrons. The molecule has 0 aliphatic rings. The second kappa shape index (κ2) is 29.6. The lowest BCUT2D eigenvalue weighted by atomic mass is 10.6. The molecule has 0 unspecified atom stereocenters. The number of rotatable bonds is 28. The Morgan fingerprint density at radius 2 is 0.548 bits per heavy atom. The minimum absolute atomic E-state index is 0.0296. The highest BCUT2D eigenvalue weighted by Crippen LogP contribution is 1.85. The van der Waals surface area contributed by atoms with Crippen LogP contribution in [0.2, 0.25) is 0 Å². The second-order valence-electron chi connectivity index (χ2n) is 6.10. The fourth-order valence-electron chi connectivity index (χ4n) is 2.07. The quantitative estimate of drug-likeness (QED) is 0.121. The van der Waals surface area contributed by atoms with Crippen LogP contribution in [0.3, 0.4) is 0 Å². The molecule has 0 aliphatic carbocycles. The van der Waals surface area contributed by atoms with E-state index >= 15 is 0 Å².